The van der Waals surface area contributed by atoms with E-state index in [-0.39, 0.29) is 5.75 Å². The highest BCUT2D eigenvalue weighted by Crippen LogP contribution is 2.35. The van der Waals surface area contributed by atoms with Gasteiger partial charge in [0.2, 0.25) is 0 Å². The molecule has 1 aliphatic heterocycles. The zero-order valence-electron chi connectivity index (χ0n) is 14.9. The topological polar surface area (TPSA) is 24.9 Å². The average molecular weight is 378 g/mol. The molecule has 27 heavy (non-hydrogen) atoms. The van der Waals surface area contributed by atoms with E-state index in [2.05, 4.69) is 0 Å². The second-order valence-electron chi connectivity index (χ2n) is 6.12. The monoisotopic (exact) mass is 378 g/mol. The molecule has 0 spiro atoms. The maximum Gasteiger partial charge on any atom is 0.422 e. The summed E-state index contributed by atoms with van der Waals surface area (Å²) in [5.74, 6) is 0.593. The zero-order chi connectivity index (χ0) is 19.3. The Morgan fingerprint density at radius 3 is 2.44 bits per heavy atom. The van der Waals surface area contributed by atoms with Gasteiger partial charge >= 0.3 is 6.18 Å². The fourth-order valence-corrected chi connectivity index (χ4v) is 2.66. The molecular weight excluding hydrogens is 357 g/mol. The molecule has 0 aromatic heterocycles. The molecule has 4 nitrogen and oxygen atoms in total. The van der Waals surface area contributed by atoms with Crippen molar-refractivity contribution in [2.24, 2.45) is 0 Å². The van der Waals surface area contributed by atoms with Crippen LogP contribution in [0.4, 0.5) is 18.9 Å². The van der Waals surface area contributed by atoms with Crippen molar-refractivity contribution in [3.8, 4) is 11.5 Å². The summed E-state index contributed by atoms with van der Waals surface area (Å²) in [5, 5.41) is 0. The Kier molecular flexibility index (Phi) is 5.78. The first kappa shape index (κ1) is 18.9. The van der Waals surface area contributed by atoms with Crippen molar-refractivity contribution in [3.63, 3.8) is 0 Å². The SMILES string of the molecule is CCN1C=CN(c2ccc(OCc3ccccc3)cc2OCC(F)(F)F)C1. The standard InChI is InChI=1S/C20H21F3N2O2/c1-2-24-10-11-25(15-24)18-9-8-17(12-19(18)27-14-20(21,22)23)26-13-16-6-4-3-5-7-16/h3-12H,2,13-15H2,1H3. The lowest BCUT2D eigenvalue weighted by Gasteiger charge is -2.23. The minimum absolute atomic E-state index is 0.139. The minimum atomic E-state index is -4.41. The quantitative estimate of drug-likeness (QED) is 0.692. The Morgan fingerprint density at radius 2 is 1.78 bits per heavy atom. The third-order valence-corrected chi connectivity index (χ3v) is 4.08. The number of anilines is 1. The van der Waals surface area contributed by atoms with E-state index in [1.807, 2.05) is 59.5 Å². The lowest BCUT2D eigenvalue weighted by Crippen LogP contribution is -2.26. The van der Waals surface area contributed by atoms with Gasteiger partial charge in [-0.1, -0.05) is 30.3 Å². The van der Waals surface area contributed by atoms with Crippen LogP contribution in [0.1, 0.15) is 12.5 Å². The molecule has 0 aliphatic carbocycles. The van der Waals surface area contributed by atoms with Crippen molar-refractivity contribution in [2.45, 2.75) is 19.7 Å². The fourth-order valence-electron chi connectivity index (χ4n) is 2.66. The van der Waals surface area contributed by atoms with Crippen LogP contribution in [-0.2, 0) is 6.61 Å². The number of hydrogen-bond donors (Lipinski definition) is 0. The Balaban J connectivity index is 1.77. The third kappa shape index (κ3) is 5.32. The van der Waals surface area contributed by atoms with Crippen LogP contribution in [0.25, 0.3) is 0 Å². The van der Waals surface area contributed by atoms with E-state index >= 15 is 0 Å². The van der Waals surface area contributed by atoms with Crippen molar-refractivity contribution in [1.82, 2.24) is 4.90 Å². The Labute approximate surface area is 156 Å². The molecular formula is C20H21F3N2O2. The van der Waals surface area contributed by atoms with E-state index in [0.29, 0.717) is 24.7 Å². The van der Waals surface area contributed by atoms with Gasteiger partial charge in [-0.25, -0.2) is 0 Å². The number of ether oxygens (including phenoxy) is 2. The van der Waals surface area contributed by atoms with E-state index in [0.717, 1.165) is 12.1 Å². The molecule has 0 saturated carbocycles. The van der Waals surface area contributed by atoms with E-state index in [1.54, 1.807) is 12.1 Å². The van der Waals surface area contributed by atoms with Crippen molar-refractivity contribution in [3.05, 3.63) is 66.5 Å². The van der Waals surface area contributed by atoms with Crippen molar-refractivity contribution >= 4 is 5.69 Å². The smallest absolute Gasteiger partial charge is 0.422 e. The lowest BCUT2D eigenvalue weighted by atomic mass is 10.2. The number of rotatable bonds is 7. The molecule has 0 radical (unpaired) electrons. The van der Waals surface area contributed by atoms with Crippen LogP contribution in [-0.4, -0.2) is 30.9 Å². The van der Waals surface area contributed by atoms with Crippen molar-refractivity contribution in [1.29, 1.82) is 0 Å². The van der Waals surface area contributed by atoms with Gasteiger partial charge in [0.25, 0.3) is 0 Å². The molecule has 7 heteroatoms. The summed E-state index contributed by atoms with van der Waals surface area (Å²) in [6.07, 6.45) is -0.689. The van der Waals surface area contributed by atoms with Gasteiger partial charge in [-0.3, -0.25) is 0 Å². The van der Waals surface area contributed by atoms with Crippen LogP contribution in [0.3, 0.4) is 0 Å². The highest BCUT2D eigenvalue weighted by atomic mass is 19.4. The van der Waals surface area contributed by atoms with Gasteiger partial charge in [0, 0.05) is 25.0 Å². The highest BCUT2D eigenvalue weighted by Gasteiger charge is 2.29. The first-order valence-electron chi connectivity index (χ1n) is 8.64. The number of alkyl halides is 3. The molecule has 0 bridgehead atoms. The van der Waals surface area contributed by atoms with Gasteiger partial charge in [0.05, 0.1) is 12.4 Å². The van der Waals surface area contributed by atoms with E-state index < -0.39 is 12.8 Å². The van der Waals surface area contributed by atoms with Gasteiger partial charge in [0.15, 0.2) is 6.61 Å². The number of benzene rings is 2. The predicted molar refractivity (Wildman–Crippen MR) is 97.6 cm³/mol. The van der Waals surface area contributed by atoms with Gasteiger partial charge in [0.1, 0.15) is 18.1 Å². The minimum Gasteiger partial charge on any atom is -0.489 e. The normalized spacial score (nSPS) is 13.9. The third-order valence-electron chi connectivity index (χ3n) is 4.08. The lowest BCUT2D eigenvalue weighted by molar-refractivity contribution is -0.153. The Hall–Kier alpha value is -2.83. The summed E-state index contributed by atoms with van der Waals surface area (Å²) in [6.45, 7) is 2.35. The molecule has 2 aromatic rings. The van der Waals surface area contributed by atoms with Crippen LogP contribution >= 0.6 is 0 Å². The number of nitrogens with zero attached hydrogens (tertiary/aromatic N) is 2. The molecule has 0 saturated heterocycles. The molecule has 0 amide bonds. The first-order chi connectivity index (χ1) is 12.9. The van der Waals surface area contributed by atoms with Gasteiger partial charge < -0.3 is 19.3 Å². The van der Waals surface area contributed by atoms with Crippen LogP contribution in [0.5, 0.6) is 11.5 Å². The Morgan fingerprint density at radius 1 is 1.00 bits per heavy atom. The molecule has 0 N–H and O–H groups in total. The molecule has 0 unspecified atom stereocenters. The van der Waals surface area contributed by atoms with E-state index in [9.17, 15) is 13.2 Å². The predicted octanol–water partition coefficient (Wildman–Crippen LogP) is 4.78. The second-order valence-corrected chi connectivity index (χ2v) is 6.12. The summed E-state index contributed by atoms with van der Waals surface area (Å²) < 4.78 is 48.7. The molecule has 1 heterocycles. The largest absolute Gasteiger partial charge is 0.489 e. The summed E-state index contributed by atoms with van der Waals surface area (Å²) in [6, 6.07) is 14.5. The molecule has 144 valence electrons. The van der Waals surface area contributed by atoms with Crippen LogP contribution in [0.2, 0.25) is 0 Å². The van der Waals surface area contributed by atoms with Gasteiger partial charge in [-0.05, 0) is 24.6 Å². The average Bonchev–Trinajstić information content (AvgIpc) is 3.14. The Bertz CT molecular complexity index is 779. The molecule has 3 rings (SSSR count). The summed E-state index contributed by atoms with van der Waals surface area (Å²) >= 11 is 0. The highest BCUT2D eigenvalue weighted by molar-refractivity contribution is 5.63. The molecule has 2 aromatic carbocycles. The molecule has 1 aliphatic rings. The summed E-state index contributed by atoms with van der Waals surface area (Å²) in [7, 11) is 0. The summed E-state index contributed by atoms with van der Waals surface area (Å²) in [5.41, 5.74) is 1.54. The maximum absolute atomic E-state index is 12.6. The van der Waals surface area contributed by atoms with Crippen LogP contribution in [0.15, 0.2) is 60.9 Å². The number of hydrogen-bond acceptors (Lipinski definition) is 4. The molecule has 0 fully saturated rings. The van der Waals surface area contributed by atoms with Crippen molar-refractivity contribution < 1.29 is 22.6 Å². The van der Waals surface area contributed by atoms with Gasteiger partial charge in [-0.2, -0.15) is 13.2 Å². The zero-order valence-corrected chi connectivity index (χ0v) is 14.9. The second kappa shape index (κ2) is 8.24. The molecule has 0 atom stereocenters. The first-order valence-corrected chi connectivity index (χ1v) is 8.64. The maximum atomic E-state index is 12.6. The van der Waals surface area contributed by atoms with E-state index in [4.69, 9.17) is 9.47 Å². The fraction of sp³-hybridized carbons (Fsp3) is 0.300. The number of halogens is 3. The van der Waals surface area contributed by atoms with Crippen molar-refractivity contribution in [2.75, 3.05) is 24.7 Å². The van der Waals surface area contributed by atoms with Crippen LogP contribution in [0, 0.1) is 0 Å². The van der Waals surface area contributed by atoms with Crippen LogP contribution < -0.4 is 14.4 Å². The summed E-state index contributed by atoms with van der Waals surface area (Å²) in [4.78, 5) is 3.88. The van der Waals surface area contributed by atoms with E-state index in [1.165, 1.54) is 6.07 Å². The van der Waals surface area contributed by atoms with Gasteiger partial charge in [-0.15, -0.1) is 0 Å².